The fourth-order valence-corrected chi connectivity index (χ4v) is 9.00. The second-order valence-electron chi connectivity index (χ2n) is 11.6. The van der Waals surface area contributed by atoms with Crippen LogP contribution in [-0.4, -0.2) is 20.9 Å². The zero-order valence-electron chi connectivity index (χ0n) is 18.2. The van der Waals surface area contributed by atoms with E-state index in [1.165, 1.54) is 51.4 Å². The lowest BCUT2D eigenvalue weighted by molar-refractivity contribution is -0.150. The predicted molar refractivity (Wildman–Crippen MR) is 113 cm³/mol. The summed E-state index contributed by atoms with van der Waals surface area (Å²) < 4.78 is 0. The maximum atomic E-state index is 11.4. The molecule has 4 aliphatic rings. The molecule has 4 aliphatic carbocycles. The normalized spacial score (nSPS) is 50.6. The van der Waals surface area contributed by atoms with E-state index in [4.69, 9.17) is 0 Å². The van der Waals surface area contributed by atoms with Gasteiger partial charge in [-0.2, -0.15) is 5.10 Å². The Hall–Kier alpha value is -0.830. The molecule has 3 nitrogen and oxygen atoms in total. The Bertz CT molecular complexity index is 701. The lowest BCUT2D eigenvalue weighted by Crippen LogP contribution is -2.56. The lowest BCUT2D eigenvalue weighted by atomic mass is 9.43. The molecule has 0 aromatic carbocycles. The van der Waals surface area contributed by atoms with Gasteiger partial charge in [0.2, 0.25) is 0 Å². The lowest BCUT2D eigenvalue weighted by Gasteiger charge is -2.62. The summed E-state index contributed by atoms with van der Waals surface area (Å²) in [4.78, 5) is 0. The number of fused-ring (bicyclic) bond motifs is 5. The van der Waals surface area contributed by atoms with Gasteiger partial charge in [0.1, 0.15) is 0 Å². The third kappa shape index (κ3) is 2.75. The van der Waals surface area contributed by atoms with Gasteiger partial charge in [-0.1, -0.05) is 27.2 Å². The summed E-state index contributed by atoms with van der Waals surface area (Å²) in [5.74, 6) is 4.49. The van der Waals surface area contributed by atoms with Crippen molar-refractivity contribution in [2.45, 2.75) is 97.0 Å². The minimum Gasteiger partial charge on any atom is -0.389 e. The number of aromatic nitrogens is 2. The average Bonchev–Trinajstić information content (AvgIpc) is 3.29. The SMILES string of the molecule is CC[C@H]1CC[C@H]2[C@@H]3CCC4C[C@@](O)(Cc5ccn[nH]5)CC[C@]4(C)[C@H]3CC[C@]12C. The molecule has 5 rings (SSSR count). The highest BCUT2D eigenvalue weighted by Crippen LogP contribution is 2.68. The number of nitrogens with one attached hydrogen (secondary N) is 1. The van der Waals surface area contributed by atoms with Gasteiger partial charge in [0.15, 0.2) is 0 Å². The molecule has 4 saturated carbocycles. The Labute approximate surface area is 171 Å². The van der Waals surface area contributed by atoms with Crippen LogP contribution in [0, 0.1) is 40.4 Å². The molecule has 1 aromatic rings. The first-order valence-electron chi connectivity index (χ1n) is 12.1. The number of hydrogen-bond donors (Lipinski definition) is 2. The number of nitrogens with zero attached hydrogens (tertiary/aromatic N) is 1. The first kappa shape index (κ1) is 19.2. The highest BCUT2D eigenvalue weighted by molar-refractivity contribution is 5.12. The molecular weight excluding hydrogens is 344 g/mol. The van der Waals surface area contributed by atoms with E-state index in [1.807, 2.05) is 6.07 Å². The molecule has 0 spiro atoms. The molecule has 0 aliphatic heterocycles. The van der Waals surface area contributed by atoms with Crippen molar-refractivity contribution in [1.82, 2.24) is 10.2 Å². The first-order chi connectivity index (χ1) is 13.4. The van der Waals surface area contributed by atoms with E-state index in [1.54, 1.807) is 6.20 Å². The molecule has 28 heavy (non-hydrogen) atoms. The monoisotopic (exact) mass is 384 g/mol. The van der Waals surface area contributed by atoms with Crippen LogP contribution in [0.1, 0.15) is 90.7 Å². The number of aromatic amines is 1. The van der Waals surface area contributed by atoms with E-state index in [0.717, 1.165) is 48.6 Å². The van der Waals surface area contributed by atoms with Gasteiger partial charge >= 0.3 is 0 Å². The fraction of sp³-hybridized carbons (Fsp3) is 0.880. The Morgan fingerprint density at radius 2 is 1.86 bits per heavy atom. The fourth-order valence-electron chi connectivity index (χ4n) is 9.00. The maximum absolute atomic E-state index is 11.4. The van der Waals surface area contributed by atoms with Gasteiger partial charge in [-0.25, -0.2) is 0 Å². The second-order valence-corrected chi connectivity index (χ2v) is 11.6. The largest absolute Gasteiger partial charge is 0.389 e. The van der Waals surface area contributed by atoms with Crippen LogP contribution in [0.3, 0.4) is 0 Å². The van der Waals surface area contributed by atoms with E-state index in [-0.39, 0.29) is 0 Å². The second kappa shape index (κ2) is 6.59. The van der Waals surface area contributed by atoms with Crippen molar-refractivity contribution < 1.29 is 5.11 Å². The van der Waals surface area contributed by atoms with Crippen molar-refractivity contribution in [2.24, 2.45) is 40.4 Å². The molecule has 0 amide bonds. The van der Waals surface area contributed by atoms with Gasteiger partial charge in [0, 0.05) is 18.3 Å². The van der Waals surface area contributed by atoms with E-state index < -0.39 is 5.60 Å². The van der Waals surface area contributed by atoms with E-state index in [2.05, 4.69) is 31.0 Å². The van der Waals surface area contributed by atoms with Crippen molar-refractivity contribution in [2.75, 3.05) is 0 Å². The molecule has 0 bridgehead atoms. The van der Waals surface area contributed by atoms with Gasteiger partial charge in [-0.05, 0) is 104 Å². The van der Waals surface area contributed by atoms with Crippen molar-refractivity contribution in [3.63, 3.8) is 0 Å². The minimum atomic E-state index is -0.534. The Morgan fingerprint density at radius 3 is 2.61 bits per heavy atom. The summed E-state index contributed by atoms with van der Waals surface area (Å²) >= 11 is 0. The van der Waals surface area contributed by atoms with Crippen LogP contribution in [0.5, 0.6) is 0 Å². The minimum absolute atomic E-state index is 0.453. The molecule has 1 unspecified atom stereocenters. The van der Waals surface area contributed by atoms with Gasteiger partial charge in [0.05, 0.1) is 5.60 Å². The smallest absolute Gasteiger partial charge is 0.0705 e. The quantitative estimate of drug-likeness (QED) is 0.697. The Balaban J connectivity index is 1.35. The first-order valence-corrected chi connectivity index (χ1v) is 12.1. The summed E-state index contributed by atoms with van der Waals surface area (Å²) in [6.07, 6.45) is 15.7. The van der Waals surface area contributed by atoms with E-state index >= 15 is 0 Å². The number of H-pyrrole nitrogens is 1. The molecule has 156 valence electrons. The number of aliphatic hydroxyl groups is 1. The van der Waals surface area contributed by atoms with Crippen LogP contribution in [0.25, 0.3) is 0 Å². The maximum Gasteiger partial charge on any atom is 0.0705 e. The summed E-state index contributed by atoms with van der Waals surface area (Å²) in [6, 6.07) is 2.02. The summed E-state index contributed by atoms with van der Waals surface area (Å²) in [7, 11) is 0. The molecule has 4 fully saturated rings. The number of rotatable bonds is 3. The highest BCUT2D eigenvalue weighted by atomic mass is 16.3. The van der Waals surface area contributed by atoms with E-state index in [0.29, 0.717) is 16.7 Å². The summed E-state index contributed by atoms with van der Waals surface area (Å²) in [5, 5.41) is 18.6. The third-order valence-electron chi connectivity index (χ3n) is 10.6. The average molecular weight is 385 g/mol. The molecular formula is C25H40N2O. The van der Waals surface area contributed by atoms with Crippen LogP contribution < -0.4 is 0 Å². The van der Waals surface area contributed by atoms with Crippen LogP contribution in [0.15, 0.2) is 12.3 Å². The topological polar surface area (TPSA) is 48.9 Å². The van der Waals surface area contributed by atoms with Gasteiger partial charge < -0.3 is 5.11 Å². The zero-order valence-corrected chi connectivity index (χ0v) is 18.2. The van der Waals surface area contributed by atoms with Crippen molar-refractivity contribution in [3.05, 3.63) is 18.0 Å². The summed E-state index contributed by atoms with van der Waals surface area (Å²) in [5.41, 5.74) is 1.63. The summed E-state index contributed by atoms with van der Waals surface area (Å²) in [6.45, 7) is 7.68. The molecule has 3 heteroatoms. The standard InChI is InChI=1S/C25H40N2O/c1-4-17-6-8-21-20-7-5-18-15-25(28,16-19-10-14-26-27-19)13-12-24(18,3)22(20)9-11-23(17,21)2/h10,14,17-18,20-22,28H,4-9,11-13,15-16H2,1-3H3,(H,26,27)/t17-,18?,20-,21-,22-,23+,24-,25+/m0/s1. The van der Waals surface area contributed by atoms with Crippen LogP contribution in [-0.2, 0) is 6.42 Å². The Kier molecular flexibility index (Phi) is 4.51. The van der Waals surface area contributed by atoms with Crippen molar-refractivity contribution >= 4 is 0 Å². The molecule has 0 saturated heterocycles. The molecule has 1 heterocycles. The van der Waals surface area contributed by atoms with Crippen LogP contribution in [0.2, 0.25) is 0 Å². The Morgan fingerprint density at radius 1 is 1.04 bits per heavy atom. The van der Waals surface area contributed by atoms with Gasteiger partial charge in [0.25, 0.3) is 0 Å². The molecule has 2 N–H and O–H groups in total. The van der Waals surface area contributed by atoms with Gasteiger partial charge in [-0.15, -0.1) is 0 Å². The molecule has 8 atom stereocenters. The number of hydrogen-bond acceptors (Lipinski definition) is 2. The van der Waals surface area contributed by atoms with E-state index in [9.17, 15) is 5.11 Å². The third-order valence-corrected chi connectivity index (χ3v) is 10.6. The molecule has 1 aromatic heterocycles. The predicted octanol–water partition coefficient (Wildman–Crippen LogP) is 5.75. The zero-order chi connectivity index (χ0) is 19.6. The van der Waals surface area contributed by atoms with Crippen molar-refractivity contribution in [3.8, 4) is 0 Å². The highest BCUT2D eigenvalue weighted by Gasteiger charge is 2.60. The molecule has 0 radical (unpaired) electrons. The van der Waals surface area contributed by atoms with Crippen LogP contribution >= 0.6 is 0 Å². The van der Waals surface area contributed by atoms with Crippen molar-refractivity contribution in [1.29, 1.82) is 0 Å². The van der Waals surface area contributed by atoms with Gasteiger partial charge in [-0.3, -0.25) is 5.10 Å². The van der Waals surface area contributed by atoms with Crippen LogP contribution in [0.4, 0.5) is 0 Å².